The number of thioether (sulfide) groups is 1. The van der Waals surface area contributed by atoms with Crippen molar-refractivity contribution in [2.75, 3.05) is 45.3 Å². The largest absolute Gasteiger partial charge is 0.496 e. The summed E-state index contributed by atoms with van der Waals surface area (Å²) in [4.78, 5) is 23.6. The standard InChI is InChI=1S/C20H26ClN5O3S/c1-28-17-11-15(22)14(21)10-13(17)19(27)25-16-4-7-26(12-18(16)29-2)8-9-30-20-23-5-3-6-24-20/h3,5-6,10-11,16,18H,4,7-9,12,22H2,1-2H3,(H,25,27)/t16-,18+/m1/s1. The first-order valence-electron chi connectivity index (χ1n) is 9.60. The fourth-order valence-electron chi connectivity index (χ4n) is 3.38. The third-order valence-electron chi connectivity index (χ3n) is 5.01. The molecule has 1 aromatic carbocycles. The molecule has 8 nitrogen and oxygen atoms in total. The van der Waals surface area contributed by atoms with Gasteiger partial charge in [-0.1, -0.05) is 23.4 Å². The normalized spacial score (nSPS) is 19.4. The van der Waals surface area contributed by atoms with E-state index in [0.717, 1.165) is 37.0 Å². The van der Waals surface area contributed by atoms with Crippen LogP contribution in [-0.2, 0) is 4.74 Å². The fourth-order valence-corrected chi connectivity index (χ4v) is 4.34. The third kappa shape index (κ3) is 5.75. The van der Waals surface area contributed by atoms with Gasteiger partial charge in [0.25, 0.3) is 5.91 Å². The summed E-state index contributed by atoms with van der Waals surface area (Å²) in [7, 11) is 3.16. The van der Waals surface area contributed by atoms with Crippen molar-refractivity contribution in [3.63, 3.8) is 0 Å². The summed E-state index contributed by atoms with van der Waals surface area (Å²) in [6.07, 6.45) is 4.15. The average Bonchev–Trinajstić information content (AvgIpc) is 2.76. The van der Waals surface area contributed by atoms with E-state index in [-0.39, 0.29) is 18.1 Å². The molecule has 0 radical (unpaired) electrons. The van der Waals surface area contributed by atoms with Crippen molar-refractivity contribution in [2.45, 2.75) is 23.7 Å². The lowest BCUT2D eigenvalue weighted by Crippen LogP contribution is -2.55. The van der Waals surface area contributed by atoms with E-state index >= 15 is 0 Å². The number of piperidine rings is 1. The van der Waals surface area contributed by atoms with Crippen molar-refractivity contribution in [3.8, 4) is 5.75 Å². The summed E-state index contributed by atoms with van der Waals surface area (Å²) in [5.41, 5.74) is 6.53. The molecule has 2 heterocycles. The Morgan fingerprint density at radius 1 is 1.37 bits per heavy atom. The summed E-state index contributed by atoms with van der Waals surface area (Å²) in [6.45, 7) is 2.49. The molecular formula is C20H26ClN5O3S. The SMILES string of the molecule is COc1cc(N)c(Cl)cc1C(=O)N[C@@H]1CCN(CCSc2ncccn2)C[C@@H]1OC. The molecule has 1 aliphatic rings. The average molecular weight is 452 g/mol. The summed E-state index contributed by atoms with van der Waals surface area (Å²) < 4.78 is 11.0. The number of amides is 1. The van der Waals surface area contributed by atoms with Crippen LogP contribution in [0.25, 0.3) is 0 Å². The van der Waals surface area contributed by atoms with E-state index in [2.05, 4.69) is 20.2 Å². The van der Waals surface area contributed by atoms with Gasteiger partial charge in [0.15, 0.2) is 5.16 Å². The van der Waals surface area contributed by atoms with Crippen LogP contribution >= 0.6 is 23.4 Å². The maximum absolute atomic E-state index is 12.9. The smallest absolute Gasteiger partial charge is 0.255 e. The van der Waals surface area contributed by atoms with Crippen LogP contribution in [0.15, 0.2) is 35.7 Å². The van der Waals surface area contributed by atoms with Crippen LogP contribution in [0.4, 0.5) is 5.69 Å². The molecule has 0 saturated carbocycles. The number of benzene rings is 1. The molecular weight excluding hydrogens is 426 g/mol. The van der Waals surface area contributed by atoms with E-state index in [1.807, 2.05) is 0 Å². The number of anilines is 1. The highest BCUT2D eigenvalue weighted by molar-refractivity contribution is 7.99. The minimum atomic E-state index is -0.258. The zero-order valence-electron chi connectivity index (χ0n) is 17.0. The lowest BCUT2D eigenvalue weighted by molar-refractivity contribution is 0.00833. The number of hydrogen-bond donors (Lipinski definition) is 2. The van der Waals surface area contributed by atoms with Gasteiger partial charge in [-0.2, -0.15) is 0 Å². The Morgan fingerprint density at radius 3 is 2.83 bits per heavy atom. The predicted octanol–water partition coefficient (Wildman–Crippen LogP) is 2.33. The molecule has 0 bridgehead atoms. The van der Waals surface area contributed by atoms with Gasteiger partial charge in [0.1, 0.15) is 5.75 Å². The molecule has 1 saturated heterocycles. The van der Waals surface area contributed by atoms with Crippen LogP contribution in [0.3, 0.4) is 0 Å². The van der Waals surface area contributed by atoms with Crippen LogP contribution in [0.2, 0.25) is 5.02 Å². The number of aromatic nitrogens is 2. The van der Waals surface area contributed by atoms with Crippen LogP contribution in [0, 0.1) is 0 Å². The zero-order chi connectivity index (χ0) is 21.5. The van der Waals surface area contributed by atoms with E-state index in [9.17, 15) is 4.79 Å². The van der Waals surface area contributed by atoms with Gasteiger partial charge in [-0.05, 0) is 18.6 Å². The Bertz CT molecular complexity index is 858. The Hall–Kier alpha value is -2.07. The molecule has 1 amide bonds. The second kappa shape index (κ2) is 10.8. The number of nitrogens with two attached hydrogens (primary N) is 1. The van der Waals surface area contributed by atoms with Gasteiger partial charge < -0.3 is 20.5 Å². The van der Waals surface area contributed by atoms with Gasteiger partial charge in [-0.25, -0.2) is 9.97 Å². The van der Waals surface area contributed by atoms with Gasteiger partial charge in [0.2, 0.25) is 0 Å². The number of methoxy groups -OCH3 is 2. The second-order valence-electron chi connectivity index (χ2n) is 6.90. The van der Waals surface area contributed by atoms with Crippen LogP contribution < -0.4 is 15.8 Å². The zero-order valence-corrected chi connectivity index (χ0v) is 18.6. The highest BCUT2D eigenvalue weighted by atomic mass is 35.5. The van der Waals surface area contributed by atoms with Crippen molar-refractivity contribution in [2.24, 2.45) is 0 Å². The molecule has 0 aliphatic carbocycles. The number of nitrogens with zero attached hydrogens (tertiary/aromatic N) is 3. The number of halogens is 1. The monoisotopic (exact) mass is 451 g/mol. The predicted molar refractivity (Wildman–Crippen MR) is 118 cm³/mol. The molecule has 2 aromatic rings. The number of rotatable bonds is 8. The lowest BCUT2D eigenvalue weighted by atomic mass is 10.0. The molecule has 1 aromatic heterocycles. The van der Waals surface area contributed by atoms with E-state index in [4.69, 9.17) is 26.8 Å². The van der Waals surface area contributed by atoms with E-state index in [1.165, 1.54) is 13.2 Å². The molecule has 2 atom stereocenters. The molecule has 30 heavy (non-hydrogen) atoms. The number of nitrogens with one attached hydrogen (secondary N) is 1. The molecule has 162 valence electrons. The van der Waals surface area contributed by atoms with Crippen LogP contribution in [0.1, 0.15) is 16.8 Å². The summed E-state index contributed by atoms with van der Waals surface area (Å²) in [6, 6.07) is 4.79. The first-order valence-corrected chi connectivity index (χ1v) is 11.0. The van der Waals surface area contributed by atoms with Crippen molar-refractivity contribution in [3.05, 3.63) is 41.2 Å². The minimum Gasteiger partial charge on any atom is -0.496 e. The summed E-state index contributed by atoms with van der Waals surface area (Å²) >= 11 is 7.72. The van der Waals surface area contributed by atoms with Crippen LogP contribution in [-0.4, -0.2) is 72.5 Å². The number of nitrogen functional groups attached to an aromatic ring is 1. The lowest BCUT2D eigenvalue weighted by Gasteiger charge is -2.38. The Labute approximate surface area is 185 Å². The number of carbonyl (C=O) groups excluding carboxylic acids is 1. The number of ether oxygens (including phenoxy) is 2. The number of likely N-dealkylation sites (tertiary alicyclic amines) is 1. The topological polar surface area (TPSA) is 103 Å². The van der Waals surface area contributed by atoms with Crippen molar-refractivity contribution in [1.29, 1.82) is 0 Å². The quantitative estimate of drug-likeness (QED) is 0.358. The second-order valence-corrected chi connectivity index (χ2v) is 8.37. The van der Waals surface area contributed by atoms with Gasteiger partial charge in [-0.15, -0.1) is 0 Å². The first-order chi connectivity index (χ1) is 14.5. The van der Waals surface area contributed by atoms with Crippen molar-refractivity contribution < 1.29 is 14.3 Å². The molecule has 0 unspecified atom stereocenters. The fraction of sp³-hybridized carbons (Fsp3) is 0.450. The number of hydrogen-bond acceptors (Lipinski definition) is 8. The molecule has 3 N–H and O–H groups in total. The number of carbonyl (C=O) groups is 1. The molecule has 3 rings (SSSR count). The maximum Gasteiger partial charge on any atom is 0.255 e. The molecule has 0 spiro atoms. The summed E-state index contributed by atoms with van der Waals surface area (Å²) in [5.74, 6) is 1.02. The van der Waals surface area contributed by atoms with E-state index in [0.29, 0.717) is 22.0 Å². The van der Waals surface area contributed by atoms with Gasteiger partial charge in [-0.3, -0.25) is 9.69 Å². The first kappa shape index (κ1) is 22.6. The van der Waals surface area contributed by atoms with Gasteiger partial charge in [0.05, 0.1) is 35.5 Å². The van der Waals surface area contributed by atoms with E-state index < -0.39 is 0 Å². The maximum atomic E-state index is 12.9. The molecule has 1 fully saturated rings. The van der Waals surface area contributed by atoms with Gasteiger partial charge in [0, 0.05) is 51.0 Å². The highest BCUT2D eigenvalue weighted by Crippen LogP contribution is 2.29. The minimum absolute atomic E-state index is 0.107. The molecule has 10 heteroatoms. The van der Waals surface area contributed by atoms with Crippen molar-refractivity contribution >= 4 is 35.0 Å². The summed E-state index contributed by atoms with van der Waals surface area (Å²) in [5, 5.41) is 4.16. The Morgan fingerprint density at radius 2 is 2.13 bits per heavy atom. The highest BCUT2D eigenvalue weighted by Gasteiger charge is 2.31. The van der Waals surface area contributed by atoms with Crippen molar-refractivity contribution in [1.82, 2.24) is 20.2 Å². The Balaban J connectivity index is 1.55. The Kier molecular flexibility index (Phi) is 8.15. The third-order valence-corrected chi connectivity index (χ3v) is 6.19. The van der Waals surface area contributed by atoms with Gasteiger partial charge >= 0.3 is 0 Å². The molecule has 1 aliphatic heterocycles. The van der Waals surface area contributed by atoms with Crippen LogP contribution in [0.5, 0.6) is 5.75 Å². The van der Waals surface area contributed by atoms with E-state index in [1.54, 1.807) is 43.4 Å².